The van der Waals surface area contributed by atoms with Crippen LogP contribution in [0.25, 0.3) is 22.6 Å². The van der Waals surface area contributed by atoms with Crippen LogP contribution in [0.1, 0.15) is 36.8 Å². The van der Waals surface area contributed by atoms with E-state index in [9.17, 15) is 0 Å². The van der Waals surface area contributed by atoms with Crippen molar-refractivity contribution in [2.75, 3.05) is 31.2 Å². The maximum atomic E-state index is 5.67. The molecule has 1 aliphatic heterocycles. The Morgan fingerprint density at radius 2 is 1.57 bits per heavy atom. The summed E-state index contributed by atoms with van der Waals surface area (Å²) < 4.78 is 5.67. The molecule has 3 aromatic rings. The van der Waals surface area contributed by atoms with Crippen molar-refractivity contribution in [2.24, 2.45) is 0 Å². The van der Waals surface area contributed by atoms with Crippen LogP contribution in [-0.2, 0) is 16.6 Å². The molecule has 4 heteroatoms. The van der Waals surface area contributed by atoms with Crippen molar-refractivity contribution >= 4 is 5.82 Å². The molecule has 0 N–H and O–H groups in total. The van der Waals surface area contributed by atoms with Crippen molar-refractivity contribution in [3.8, 4) is 22.6 Å². The van der Waals surface area contributed by atoms with Crippen LogP contribution in [0.15, 0.2) is 54.6 Å². The van der Waals surface area contributed by atoms with Gasteiger partial charge in [-0.3, -0.25) is 0 Å². The quantitative estimate of drug-likeness (QED) is 0.609. The lowest BCUT2D eigenvalue weighted by molar-refractivity contribution is 0.122. The fraction of sp³-hybridized carbons (Fsp3) is 0.385. The Labute approximate surface area is 177 Å². The summed E-state index contributed by atoms with van der Waals surface area (Å²) in [4.78, 5) is 12.9. The van der Waals surface area contributed by atoms with Gasteiger partial charge in [0.15, 0.2) is 5.82 Å². The second kappa shape index (κ2) is 7.21. The highest BCUT2D eigenvalue weighted by Crippen LogP contribution is 2.54. The standard InChI is InChI=1S/C26H27N3O/c1-2-8-19(9-3-1)24-27-23-21-11-5-4-10-20(21)18-26(12-6-7-13-26)22(23)25(28-24)29-14-16-30-17-15-29/h1-5,8-11H,6-7,12-18H2. The number of hydrogen-bond donors (Lipinski definition) is 0. The van der Waals surface area contributed by atoms with E-state index in [-0.39, 0.29) is 5.41 Å². The molecule has 0 bridgehead atoms. The van der Waals surface area contributed by atoms with Crippen molar-refractivity contribution in [1.82, 2.24) is 9.97 Å². The van der Waals surface area contributed by atoms with E-state index < -0.39 is 0 Å². The van der Waals surface area contributed by atoms with Gasteiger partial charge >= 0.3 is 0 Å². The molecule has 1 saturated carbocycles. The molecule has 2 aliphatic carbocycles. The summed E-state index contributed by atoms with van der Waals surface area (Å²) in [6.45, 7) is 3.33. The monoisotopic (exact) mass is 397 g/mol. The Hall–Kier alpha value is -2.72. The molecule has 6 rings (SSSR count). The highest BCUT2D eigenvalue weighted by Gasteiger charge is 2.45. The Bertz CT molecular complexity index is 1070. The largest absolute Gasteiger partial charge is 0.378 e. The number of morpholine rings is 1. The Morgan fingerprint density at radius 3 is 2.37 bits per heavy atom. The summed E-state index contributed by atoms with van der Waals surface area (Å²) in [6, 6.07) is 19.3. The average Bonchev–Trinajstić information content (AvgIpc) is 3.28. The average molecular weight is 398 g/mol. The van der Waals surface area contributed by atoms with Crippen LogP contribution in [0.3, 0.4) is 0 Å². The molecule has 4 nitrogen and oxygen atoms in total. The first-order valence-corrected chi connectivity index (χ1v) is 11.2. The van der Waals surface area contributed by atoms with E-state index >= 15 is 0 Å². The predicted octanol–water partition coefficient (Wildman–Crippen LogP) is 5.02. The Balaban J connectivity index is 1.64. The fourth-order valence-electron chi connectivity index (χ4n) is 5.69. The van der Waals surface area contributed by atoms with Gasteiger partial charge < -0.3 is 9.64 Å². The van der Waals surface area contributed by atoms with Crippen LogP contribution in [0.2, 0.25) is 0 Å². The minimum Gasteiger partial charge on any atom is -0.378 e. The minimum absolute atomic E-state index is 0.173. The van der Waals surface area contributed by atoms with Crippen LogP contribution in [0.4, 0.5) is 5.82 Å². The van der Waals surface area contributed by atoms with Gasteiger partial charge in [0.25, 0.3) is 0 Å². The van der Waals surface area contributed by atoms with E-state index in [4.69, 9.17) is 14.7 Å². The van der Waals surface area contributed by atoms with Gasteiger partial charge in [-0.1, -0.05) is 67.4 Å². The molecule has 152 valence electrons. The van der Waals surface area contributed by atoms with Crippen LogP contribution >= 0.6 is 0 Å². The van der Waals surface area contributed by atoms with Gasteiger partial charge in [-0.2, -0.15) is 0 Å². The number of fused-ring (bicyclic) bond motifs is 4. The topological polar surface area (TPSA) is 38.2 Å². The number of anilines is 1. The summed E-state index contributed by atoms with van der Waals surface area (Å²) in [5, 5.41) is 0. The van der Waals surface area contributed by atoms with E-state index in [0.29, 0.717) is 0 Å². The third-order valence-corrected chi connectivity index (χ3v) is 7.12. The molecular weight excluding hydrogens is 370 g/mol. The maximum Gasteiger partial charge on any atom is 0.162 e. The molecule has 2 fully saturated rings. The van der Waals surface area contributed by atoms with E-state index in [1.54, 1.807) is 0 Å². The SMILES string of the molecule is c1ccc(-c2nc3c(c(N4CCOCC4)n2)C2(CCCC2)Cc2ccccc2-3)cc1. The molecule has 30 heavy (non-hydrogen) atoms. The second-order valence-corrected chi connectivity index (χ2v) is 8.88. The van der Waals surface area contributed by atoms with Crippen molar-refractivity contribution < 1.29 is 4.74 Å². The zero-order valence-electron chi connectivity index (χ0n) is 17.3. The van der Waals surface area contributed by atoms with E-state index in [1.165, 1.54) is 42.4 Å². The van der Waals surface area contributed by atoms with Gasteiger partial charge in [-0.15, -0.1) is 0 Å². The third kappa shape index (κ3) is 2.85. The molecule has 3 aliphatic rings. The van der Waals surface area contributed by atoms with Gasteiger partial charge in [0.2, 0.25) is 0 Å². The smallest absolute Gasteiger partial charge is 0.162 e. The molecule has 1 aromatic heterocycles. The number of aromatic nitrogens is 2. The van der Waals surface area contributed by atoms with Gasteiger partial charge in [0, 0.05) is 35.2 Å². The van der Waals surface area contributed by atoms with Gasteiger partial charge in [-0.05, 0) is 24.8 Å². The zero-order chi connectivity index (χ0) is 20.0. The molecule has 1 spiro atoms. The molecule has 0 amide bonds. The number of nitrogens with zero attached hydrogens (tertiary/aromatic N) is 3. The van der Waals surface area contributed by atoms with Gasteiger partial charge in [-0.25, -0.2) is 9.97 Å². The zero-order valence-corrected chi connectivity index (χ0v) is 17.3. The minimum atomic E-state index is 0.173. The maximum absolute atomic E-state index is 5.67. The van der Waals surface area contributed by atoms with Crippen LogP contribution in [0, 0.1) is 0 Å². The molecule has 0 radical (unpaired) electrons. The lowest BCUT2D eigenvalue weighted by Gasteiger charge is -2.40. The summed E-state index contributed by atoms with van der Waals surface area (Å²) in [5.74, 6) is 1.99. The Morgan fingerprint density at radius 1 is 0.833 bits per heavy atom. The highest BCUT2D eigenvalue weighted by molar-refractivity contribution is 5.79. The number of hydrogen-bond acceptors (Lipinski definition) is 4. The highest BCUT2D eigenvalue weighted by atomic mass is 16.5. The molecule has 2 aromatic carbocycles. The van der Waals surface area contributed by atoms with Crippen molar-refractivity contribution in [3.63, 3.8) is 0 Å². The predicted molar refractivity (Wildman–Crippen MR) is 120 cm³/mol. The van der Waals surface area contributed by atoms with E-state index in [2.05, 4.69) is 53.4 Å². The molecular formula is C26H27N3O. The Kier molecular flexibility index (Phi) is 4.34. The number of ether oxygens (including phenoxy) is 1. The fourth-order valence-corrected chi connectivity index (χ4v) is 5.69. The van der Waals surface area contributed by atoms with Crippen LogP contribution in [-0.4, -0.2) is 36.3 Å². The normalized spacial score (nSPS) is 19.5. The van der Waals surface area contributed by atoms with Crippen molar-refractivity contribution in [3.05, 3.63) is 65.7 Å². The van der Waals surface area contributed by atoms with E-state index in [0.717, 1.165) is 55.6 Å². The van der Waals surface area contributed by atoms with Crippen LogP contribution < -0.4 is 4.90 Å². The lowest BCUT2D eigenvalue weighted by atomic mass is 9.68. The van der Waals surface area contributed by atoms with Crippen molar-refractivity contribution in [1.29, 1.82) is 0 Å². The number of benzene rings is 2. The molecule has 0 unspecified atom stereocenters. The molecule has 1 saturated heterocycles. The number of rotatable bonds is 2. The van der Waals surface area contributed by atoms with Gasteiger partial charge in [0.1, 0.15) is 5.82 Å². The summed E-state index contributed by atoms with van der Waals surface area (Å²) in [6.07, 6.45) is 6.18. The molecule has 2 heterocycles. The van der Waals surface area contributed by atoms with Crippen LogP contribution in [0.5, 0.6) is 0 Å². The van der Waals surface area contributed by atoms with E-state index in [1.807, 2.05) is 6.07 Å². The van der Waals surface area contributed by atoms with Gasteiger partial charge in [0.05, 0.1) is 18.9 Å². The molecule has 0 atom stereocenters. The first-order chi connectivity index (χ1) is 14.8. The summed E-state index contributed by atoms with van der Waals surface area (Å²) in [5.41, 5.74) is 6.55. The van der Waals surface area contributed by atoms with Crippen molar-refractivity contribution in [2.45, 2.75) is 37.5 Å². The summed E-state index contributed by atoms with van der Waals surface area (Å²) >= 11 is 0. The third-order valence-electron chi connectivity index (χ3n) is 7.12. The lowest BCUT2D eigenvalue weighted by Crippen LogP contribution is -2.40. The summed E-state index contributed by atoms with van der Waals surface area (Å²) in [7, 11) is 0. The first-order valence-electron chi connectivity index (χ1n) is 11.2. The first kappa shape index (κ1) is 18.1. The second-order valence-electron chi connectivity index (χ2n) is 8.88.